The van der Waals surface area contributed by atoms with E-state index in [9.17, 15) is 28.8 Å². The third kappa shape index (κ3) is 11.7. The van der Waals surface area contributed by atoms with E-state index in [0.717, 1.165) is 56.0 Å². The molecule has 3 aliphatic heterocycles. The van der Waals surface area contributed by atoms with Crippen LogP contribution in [0.3, 0.4) is 0 Å². The van der Waals surface area contributed by atoms with E-state index in [1.54, 1.807) is 112 Å². The van der Waals surface area contributed by atoms with Crippen LogP contribution in [0.25, 0.3) is 11.1 Å². The first-order valence-electron chi connectivity index (χ1n) is 29.1. The van der Waals surface area contributed by atoms with Gasteiger partial charge in [0, 0.05) is 115 Å². The standard InChI is InChI=1S/C29H29N7O3.C18H18BrN3O2.C17H23BN4O3/c1-17-31-6-5-26(32-17)33-22-9-19(15-34(4)27(22)38)20-13-30-14-25(21(20)16-37)36-8-7-35-23(28(36)39)10-18-11-29(2,3)12-24(18)35;1-18(2)6-11-5-14-17(24)22(4-3-21(14)15(11)7-18)16-9-20-8-13(19)12(16)10-23;1-11-19-8-7-14(20-11)21-13-9-12(10-22(6)15(13)23)18-24-16(2,3)17(4,5)25-18/h5-6,9-10,13-16H,7-8,11-12H2,1-4H3,(H,31,32,33);5,8-10H,3-4,6-7H2,1-2H3;7-10H,1-6H3,(H,19,20,21). The molecule has 1 saturated heterocycles. The van der Waals surface area contributed by atoms with Gasteiger partial charge in [-0.15, -0.1) is 0 Å². The number of nitrogens with one attached hydrogen (secondary N) is 2. The number of amides is 2. The van der Waals surface area contributed by atoms with Crippen LogP contribution in [0.5, 0.6) is 0 Å². The molecule has 0 atom stereocenters. The number of anilines is 6. The molecule has 13 rings (SSSR count). The van der Waals surface area contributed by atoms with Crippen LogP contribution in [0.1, 0.15) is 131 Å². The Morgan fingerprint density at radius 1 is 0.591 bits per heavy atom. The minimum absolute atomic E-state index is 0.0588. The van der Waals surface area contributed by atoms with Crippen molar-refractivity contribution in [1.82, 2.24) is 48.2 Å². The van der Waals surface area contributed by atoms with E-state index in [2.05, 4.69) is 93.3 Å². The molecule has 2 aliphatic carbocycles. The summed E-state index contributed by atoms with van der Waals surface area (Å²) in [5.41, 5.74) is 10.0. The second-order valence-corrected chi connectivity index (χ2v) is 26.5. The lowest BCUT2D eigenvalue weighted by molar-refractivity contribution is 0.00578. The minimum Gasteiger partial charge on any atom is -0.399 e. The molecule has 88 heavy (non-hydrogen) atoms. The van der Waals surface area contributed by atoms with Gasteiger partial charge in [0.05, 0.1) is 40.5 Å². The van der Waals surface area contributed by atoms with E-state index in [1.807, 2.05) is 39.8 Å². The van der Waals surface area contributed by atoms with E-state index in [-0.39, 0.29) is 33.8 Å². The molecular weight excluding hydrogens is 1180 g/mol. The number of aromatic nitrogens is 10. The summed E-state index contributed by atoms with van der Waals surface area (Å²) in [5.74, 6) is 2.05. The second kappa shape index (κ2) is 23.1. The Kier molecular flexibility index (Phi) is 16.0. The number of carbonyl (C=O) groups is 4. The molecule has 2 N–H and O–H groups in total. The number of halogens is 1. The van der Waals surface area contributed by atoms with Gasteiger partial charge in [-0.2, -0.15) is 0 Å². The molecule has 454 valence electrons. The zero-order valence-corrected chi connectivity index (χ0v) is 53.1. The molecule has 1 fully saturated rings. The molecule has 8 aromatic heterocycles. The number of pyridine rings is 4. The molecule has 22 nitrogen and oxygen atoms in total. The Morgan fingerprint density at radius 3 is 1.55 bits per heavy atom. The van der Waals surface area contributed by atoms with Crippen LogP contribution in [0.15, 0.2) is 100 Å². The number of nitrogens with zero attached hydrogens (tertiary/aromatic N) is 12. The zero-order chi connectivity index (χ0) is 62.9. The number of hydrogen-bond donors (Lipinski definition) is 2. The van der Waals surface area contributed by atoms with Crippen LogP contribution in [0, 0.1) is 24.7 Å². The quantitative estimate of drug-likeness (QED) is 0.0962. The fourth-order valence-electron chi connectivity index (χ4n) is 12.3. The Balaban J connectivity index is 0.000000143. The van der Waals surface area contributed by atoms with Crippen molar-refractivity contribution < 1.29 is 28.5 Å². The lowest BCUT2D eigenvalue weighted by Crippen LogP contribution is -2.41. The average Bonchev–Trinajstić information content (AvgIpc) is 1.77. The number of hydrogen-bond acceptors (Lipinski definition) is 16. The highest BCUT2D eigenvalue weighted by Crippen LogP contribution is 2.42. The van der Waals surface area contributed by atoms with Gasteiger partial charge in [0.15, 0.2) is 12.6 Å². The van der Waals surface area contributed by atoms with Crippen molar-refractivity contribution in [3.63, 3.8) is 0 Å². The van der Waals surface area contributed by atoms with Crippen LogP contribution in [0.2, 0.25) is 0 Å². The van der Waals surface area contributed by atoms with Crippen LogP contribution < -0.4 is 37.0 Å². The Morgan fingerprint density at radius 2 is 1.06 bits per heavy atom. The molecule has 0 unspecified atom stereocenters. The highest BCUT2D eigenvalue weighted by Gasteiger charge is 2.52. The molecule has 5 aliphatic rings. The Hall–Kier alpha value is -8.74. The highest BCUT2D eigenvalue weighted by molar-refractivity contribution is 9.10. The van der Waals surface area contributed by atoms with E-state index >= 15 is 0 Å². The van der Waals surface area contributed by atoms with Crippen molar-refractivity contribution >= 4 is 87.3 Å². The smallest absolute Gasteiger partial charge is 0.399 e. The van der Waals surface area contributed by atoms with Crippen molar-refractivity contribution in [3.05, 3.63) is 168 Å². The van der Waals surface area contributed by atoms with Gasteiger partial charge >= 0.3 is 7.12 Å². The van der Waals surface area contributed by atoms with E-state index < -0.39 is 18.3 Å². The first kappa shape index (κ1) is 60.9. The summed E-state index contributed by atoms with van der Waals surface area (Å²) in [5, 5.41) is 6.12. The predicted molar refractivity (Wildman–Crippen MR) is 340 cm³/mol. The van der Waals surface area contributed by atoms with Gasteiger partial charge in [-0.1, -0.05) is 27.7 Å². The normalized spacial score (nSPS) is 17.2. The largest absolute Gasteiger partial charge is 0.496 e. The van der Waals surface area contributed by atoms with Gasteiger partial charge in [0.25, 0.3) is 22.9 Å². The van der Waals surface area contributed by atoms with Crippen molar-refractivity contribution in [2.24, 2.45) is 24.9 Å². The summed E-state index contributed by atoms with van der Waals surface area (Å²) in [6.07, 6.45) is 18.4. The monoisotopic (exact) mass is 1250 g/mol. The SMILES string of the molecule is CC1(C)Cc2cc3n(c2C1)CCN(c1cncc(Br)c1C=O)C3=O.Cc1nccc(Nc2cc(-c3cncc(N4CCn5c(cc6c5CC(C)(C)C6)C4=O)c3C=O)cn(C)c2=O)n1.Cc1nccc(Nc2cc(B3OC(C)(C)C(C)(C)O3)cn(C)c2=O)n1. The number of carbonyl (C=O) groups excluding carboxylic acids is 4. The van der Waals surface area contributed by atoms with Crippen molar-refractivity contribution in [2.75, 3.05) is 33.5 Å². The highest BCUT2D eigenvalue weighted by atomic mass is 79.9. The zero-order valence-electron chi connectivity index (χ0n) is 51.5. The first-order valence-corrected chi connectivity index (χ1v) is 29.9. The summed E-state index contributed by atoms with van der Waals surface area (Å²) < 4.78 is 20.0. The summed E-state index contributed by atoms with van der Waals surface area (Å²) in [6.45, 7) is 23.0. The van der Waals surface area contributed by atoms with Gasteiger partial charge in [-0.3, -0.25) is 38.7 Å². The lowest BCUT2D eigenvalue weighted by atomic mass is 9.80. The maximum Gasteiger partial charge on any atom is 0.496 e. The third-order valence-electron chi connectivity index (χ3n) is 17.3. The van der Waals surface area contributed by atoms with Gasteiger partial charge in [-0.25, -0.2) is 19.9 Å². The summed E-state index contributed by atoms with van der Waals surface area (Å²) in [7, 11) is 2.81. The predicted octanol–water partition coefficient (Wildman–Crippen LogP) is 8.46. The number of aryl methyl sites for hydroxylation is 4. The number of fused-ring (bicyclic) bond motifs is 6. The third-order valence-corrected chi connectivity index (χ3v) is 17.9. The molecule has 24 heteroatoms. The average molecular weight is 1250 g/mol. The van der Waals surface area contributed by atoms with E-state index in [1.165, 1.54) is 31.6 Å². The van der Waals surface area contributed by atoms with E-state index in [0.29, 0.717) is 98.1 Å². The van der Waals surface area contributed by atoms with Gasteiger partial charge in [-0.05, 0) is 142 Å². The van der Waals surface area contributed by atoms with Crippen molar-refractivity contribution in [3.8, 4) is 11.1 Å². The molecule has 0 aromatic carbocycles. The maximum atomic E-state index is 13.7. The summed E-state index contributed by atoms with van der Waals surface area (Å²) in [4.78, 5) is 105. The molecule has 0 bridgehead atoms. The molecule has 11 heterocycles. The fraction of sp³-hybridized carbons (Fsp3) is 0.375. The molecule has 0 spiro atoms. The molecule has 8 aromatic rings. The Labute approximate surface area is 518 Å². The van der Waals surface area contributed by atoms with Crippen LogP contribution >= 0.6 is 15.9 Å². The topological polar surface area (TPSA) is 248 Å². The van der Waals surface area contributed by atoms with Gasteiger partial charge in [0.1, 0.15) is 46.0 Å². The van der Waals surface area contributed by atoms with Gasteiger partial charge in [0.2, 0.25) is 0 Å². The molecule has 2 amide bonds. The number of rotatable bonds is 10. The minimum atomic E-state index is -0.538. The maximum absolute atomic E-state index is 13.7. The molecule has 0 radical (unpaired) electrons. The summed E-state index contributed by atoms with van der Waals surface area (Å²) in [6, 6.07) is 10.9. The molecular formula is C64H70BBrN14O8. The first-order chi connectivity index (χ1) is 41.6. The van der Waals surface area contributed by atoms with Crippen LogP contribution in [-0.4, -0.2) is 104 Å². The van der Waals surface area contributed by atoms with Crippen molar-refractivity contribution in [1.29, 1.82) is 0 Å². The van der Waals surface area contributed by atoms with Gasteiger partial charge < -0.3 is 48.0 Å². The summed E-state index contributed by atoms with van der Waals surface area (Å²) >= 11 is 3.34. The van der Waals surface area contributed by atoms with Crippen LogP contribution in [-0.2, 0) is 62.2 Å². The van der Waals surface area contributed by atoms with E-state index in [4.69, 9.17) is 9.31 Å². The Bertz CT molecular complexity index is 4260. The lowest BCUT2D eigenvalue weighted by Gasteiger charge is -2.32. The molecule has 0 saturated carbocycles. The van der Waals surface area contributed by atoms with Crippen molar-refractivity contribution in [2.45, 2.75) is 119 Å². The second-order valence-electron chi connectivity index (χ2n) is 25.6. The number of aldehydes is 2. The fourth-order valence-corrected chi connectivity index (χ4v) is 12.7. The van der Waals surface area contributed by atoms with Crippen LogP contribution in [0.4, 0.5) is 34.4 Å².